The molecule has 0 aliphatic carbocycles. The lowest BCUT2D eigenvalue weighted by atomic mass is 9.85. The van der Waals surface area contributed by atoms with Crippen LogP contribution in [0.25, 0.3) is 0 Å². The standard InChI is InChI=1S/C16H22O/c1-7-8-11(2)12(3)15-9-10-16(17-6)14(5)13(15)4/h9-12H,1-6H3. The number of hydrogen-bond donors (Lipinski definition) is 0. The fraction of sp³-hybridized carbons (Fsp3) is 0.500. The zero-order chi connectivity index (χ0) is 13.0. The minimum absolute atomic E-state index is 0.381. The quantitative estimate of drug-likeness (QED) is 0.711. The Morgan fingerprint density at radius 3 is 2.29 bits per heavy atom. The molecule has 92 valence electrons. The Morgan fingerprint density at radius 1 is 1.12 bits per heavy atom. The van der Waals surface area contributed by atoms with E-state index >= 15 is 0 Å². The first-order chi connectivity index (χ1) is 8.02. The van der Waals surface area contributed by atoms with Gasteiger partial charge in [0.25, 0.3) is 0 Å². The maximum Gasteiger partial charge on any atom is 0.122 e. The summed E-state index contributed by atoms with van der Waals surface area (Å²) in [4.78, 5) is 0. The Hall–Kier alpha value is -1.42. The van der Waals surface area contributed by atoms with Gasteiger partial charge in [-0.05, 0) is 49.4 Å². The van der Waals surface area contributed by atoms with Crippen molar-refractivity contribution in [3.8, 4) is 17.6 Å². The highest BCUT2D eigenvalue weighted by Crippen LogP contribution is 2.32. The molecule has 1 heteroatoms. The molecule has 0 amide bonds. The van der Waals surface area contributed by atoms with Crippen LogP contribution >= 0.6 is 0 Å². The summed E-state index contributed by atoms with van der Waals surface area (Å²) < 4.78 is 5.34. The second-order valence-electron chi connectivity index (χ2n) is 4.58. The Balaban J connectivity index is 3.14. The summed E-state index contributed by atoms with van der Waals surface area (Å²) in [5.41, 5.74) is 3.92. The normalized spacial score (nSPS) is 13.5. The van der Waals surface area contributed by atoms with Gasteiger partial charge in [-0.3, -0.25) is 0 Å². The average molecular weight is 230 g/mol. The van der Waals surface area contributed by atoms with Crippen LogP contribution in [0, 0.1) is 31.6 Å². The molecule has 1 rings (SSSR count). The second-order valence-corrected chi connectivity index (χ2v) is 4.58. The molecule has 1 aromatic rings. The molecule has 1 nitrogen and oxygen atoms in total. The summed E-state index contributed by atoms with van der Waals surface area (Å²) >= 11 is 0. The molecule has 0 bridgehead atoms. The lowest BCUT2D eigenvalue weighted by Gasteiger charge is -2.20. The van der Waals surface area contributed by atoms with Gasteiger partial charge in [0, 0.05) is 5.92 Å². The first kappa shape index (κ1) is 13.6. The lowest BCUT2D eigenvalue weighted by molar-refractivity contribution is 0.410. The topological polar surface area (TPSA) is 9.23 Å². The van der Waals surface area contributed by atoms with Gasteiger partial charge in [-0.2, -0.15) is 0 Å². The van der Waals surface area contributed by atoms with Crippen LogP contribution in [0.2, 0.25) is 0 Å². The monoisotopic (exact) mass is 230 g/mol. The highest BCUT2D eigenvalue weighted by molar-refractivity contribution is 5.45. The number of rotatable bonds is 3. The minimum atomic E-state index is 0.381. The Morgan fingerprint density at radius 2 is 1.76 bits per heavy atom. The fourth-order valence-electron chi connectivity index (χ4n) is 2.15. The zero-order valence-electron chi connectivity index (χ0n) is 11.7. The van der Waals surface area contributed by atoms with E-state index in [1.165, 1.54) is 16.7 Å². The van der Waals surface area contributed by atoms with Gasteiger partial charge < -0.3 is 4.74 Å². The third-order valence-corrected chi connectivity index (χ3v) is 3.61. The molecule has 0 radical (unpaired) electrons. The van der Waals surface area contributed by atoms with Crippen LogP contribution in [0.4, 0.5) is 0 Å². The van der Waals surface area contributed by atoms with E-state index in [-0.39, 0.29) is 0 Å². The molecule has 0 aromatic heterocycles. The van der Waals surface area contributed by atoms with Crippen molar-refractivity contribution in [1.82, 2.24) is 0 Å². The molecule has 0 fully saturated rings. The van der Waals surface area contributed by atoms with Crippen molar-refractivity contribution in [3.63, 3.8) is 0 Å². The lowest BCUT2D eigenvalue weighted by Crippen LogP contribution is -2.07. The molecule has 0 spiro atoms. The van der Waals surface area contributed by atoms with E-state index in [9.17, 15) is 0 Å². The highest BCUT2D eigenvalue weighted by Gasteiger charge is 2.16. The van der Waals surface area contributed by atoms with E-state index in [1.54, 1.807) is 7.11 Å². The highest BCUT2D eigenvalue weighted by atomic mass is 16.5. The van der Waals surface area contributed by atoms with Gasteiger partial charge in [0.2, 0.25) is 0 Å². The van der Waals surface area contributed by atoms with Crippen LogP contribution in [-0.4, -0.2) is 7.11 Å². The van der Waals surface area contributed by atoms with E-state index in [1.807, 2.05) is 6.92 Å². The number of ether oxygens (including phenoxy) is 1. The summed E-state index contributed by atoms with van der Waals surface area (Å²) in [5, 5.41) is 0. The molecule has 1 aromatic carbocycles. The molecular weight excluding hydrogens is 208 g/mol. The van der Waals surface area contributed by atoms with Gasteiger partial charge in [0.15, 0.2) is 0 Å². The summed E-state index contributed by atoms with van der Waals surface area (Å²) in [7, 11) is 1.72. The first-order valence-electron chi connectivity index (χ1n) is 6.09. The third kappa shape index (κ3) is 2.82. The van der Waals surface area contributed by atoms with Gasteiger partial charge in [-0.25, -0.2) is 0 Å². The van der Waals surface area contributed by atoms with Gasteiger partial charge in [-0.15, -0.1) is 5.92 Å². The van der Waals surface area contributed by atoms with Crippen LogP contribution in [0.5, 0.6) is 5.75 Å². The molecule has 2 unspecified atom stereocenters. The molecule has 0 aliphatic heterocycles. The van der Waals surface area contributed by atoms with Gasteiger partial charge in [-0.1, -0.05) is 25.8 Å². The van der Waals surface area contributed by atoms with E-state index in [0.29, 0.717) is 11.8 Å². The predicted octanol–water partition coefficient (Wildman–Crippen LogP) is 4.07. The molecular formula is C16H22O. The summed E-state index contributed by atoms with van der Waals surface area (Å²) in [5.74, 6) is 8.04. The van der Waals surface area contributed by atoms with E-state index in [2.05, 4.69) is 51.7 Å². The van der Waals surface area contributed by atoms with Crippen LogP contribution in [0.1, 0.15) is 43.4 Å². The maximum atomic E-state index is 5.34. The SMILES string of the molecule is CC#CC(C)C(C)c1ccc(OC)c(C)c1C. The number of methoxy groups -OCH3 is 1. The van der Waals surface area contributed by atoms with Crippen molar-refractivity contribution in [2.45, 2.75) is 40.5 Å². The summed E-state index contributed by atoms with van der Waals surface area (Å²) in [6.45, 7) is 10.6. The predicted molar refractivity (Wildman–Crippen MR) is 73.5 cm³/mol. The van der Waals surface area contributed by atoms with E-state index < -0.39 is 0 Å². The summed E-state index contributed by atoms with van der Waals surface area (Å²) in [6, 6.07) is 4.22. The zero-order valence-corrected chi connectivity index (χ0v) is 11.7. The van der Waals surface area contributed by atoms with Crippen molar-refractivity contribution in [3.05, 3.63) is 28.8 Å². The number of benzene rings is 1. The molecule has 0 saturated carbocycles. The molecule has 2 atom stereocenters. The molecule has 17 heavy (non-hydrogen) atoms. The largest absolute Gasteiger partial charge is 0.496 e. The number of hydrogen-bond acceptors (Lipinski definition) is 1. The van der Waals surface area contributed by atoms with Crippen LogP contribution in [0.3, 0.4) is 0 Å². The molecule has 0 N–H and O–H groups in total. The van der Waals surface area contributed by atoms with Crippen molar-refractivity contribution in [2.24, 2.45) is 5.92 Å². The Kier molecular flexibility index (Phi) is 4.63. The smallest absolute Gasteiger partial charge is 0.122 e. The average Bonchev–Trinajstić information content (AvgIpc) is 2.32. The fourth-order valence-corrected chi connectivity index (χ4v) is 2.15. The van der Waals surface area contributed by atoms with Gasteiger partial charge >= 0.3 is 0 Å². The Labute approximate surface area is 105 Å². The third-order valence-electron chi connectivity index (χ3n) is 3.61. The van der Waals surface area contributed by atoms with Gasteiger partial charge in [0.05, 0.1) is 7.11 Å². The van der Waals surface area contributed by atoms with Crippen molar-refractivity contribution in [1.29, 1.82) is 0 Å². The molecule has 0 aliphatic rings. The van der Waals surface area contributed by atoms with Gasteiger partial charge in [0.1, 0.15) is 5.75 Å². The van der Waals surface area contributed by atoms with Crippen molar-refractivity contribution < 1.29 is 4.74 Å². The second kappa shape index (κ2) is 5.77. The van der Waals surface area contributed by atoms with Crippen molar-refractivity contribution >= 4 is 0 Å². The van der Waals surface area contributed by atoms with E-state index in [4.69, 9.17) is 4.74 Å². The van der Waals surface area contributed by atoms with Crippen LogP contribution < -0.4 is 4.74 Å². The van der Waals surface area contributed by atoms with Crippen LogP contribution in [-0.2, 0) is 0 Å². The van der Waals surface area contributed by atoms with Crippen molar-refractivity contribution in [2.75, 3.05) is 7.11 Å². The Bertz CT molecular complexity index is 449. The summed E-state index contributed by atoms with van der Waals surface area (Å²) in [6.07, 6.45) is 0. The van der Waals surface area contributed by atoms with E-state index in [0.717, 1.165) is 5.75 Å². The molecule has 0 saturated heterocycles. The first-order valence-corrected chi connectivity index (χ1v) is 6.09. The molecule has 0 heterocycles. The minimum Gasteiger partial charge on any atom is -0.496 e. The van der Waals surface area contributed by atoms with Crippen LogP contribution in [0.15, 0.2) is 12.1 Å². The maximum absolute atomic E-state index is 5.34.